The average Bonchev–Trinajstić information content (AvgIpc) is 3.20. The number of carbonyl (C=O) groups is 2. The van der Waals surface area contributed by atoms with Crippen LogP contribution in [0.1, 0.15) is 120 Å². The van der Waals surface area contributed by atoms with Gasteiger partial charge in [0.1, 0.15) is 6.10 Å². The topological polar surface area (TPSA) is 72.8 Å². The summed E-state index contributed by atoms with van der Waals surface area (Å²) in [7, 11) is 0. The Kier molecular flexibility index (Phi) is 6.89. The van der Waals surface area contributed by atoms with Crippen molar-refractivity contribution in [2.24, 2.45) is 56.7 Å². The van der Waals surface area contributed by atoms with Gasteiger partial charge in [-0.2, -0.15) is 0 Å². The molecule has 11 unspecified atom stereocenters. The Hall–Kier alpha value is -1.10. The van der Waals surface area contributed by atoms with Gasteiger partial charge in [0.25, 0.3) is 0 Å². The predicted molar refractivity (Wildman–Crippen MR) is 148 cm³/mol. The zero-order valence-electron chi connectivity index (χ0n) is 25.4. The van der Waals surface area contributed by atoms with Crippen molar-refractivity contribution in [1.82, 2.24) is 0 Å². The first kappa shape index (κ1) is 28.4. The maximum absolute atomic E-state index is 11.9. The van der Waals surface area contributed by atoms with Crippen molar-refractivity contribution in [3.05, 3.63) is 0 Å². The molecule has 5 aliphatic rings. The van der Waals surface area contributed by atoms with Crippen molar-refractivity contribution in [3.8, 4) is 0 Å². The fourth-order valence-electron chi connectivity index (χ4n) is 12.2. The molecule has 0 saturated heterocycles. The molecule has 5 fully saturated rings. The Morgan fingerprint density at radius 3 is 2.16 bits per heavy atom. The van der Waals surface area contributed by atoms with E-state index in [2.05, 4.69) is 34.6 Å². The molecular weight excluding hydrogens is 476 g/mol. The smallest absolute Gasteiger partial charge is 0.302 e. The zero-order valence-corrected chi connectivity index (χ0v) is 25.4. The number of hydrogen-bond acceptors (Lipinski definition) is 5. The largest absolute Gasteiger partial charge is 0.465 e. The van der Waals surface area contributed by atoms with Crippen molar-refractivity contribution < 1.29 is 24.2 Å². The number of carbonyl (C=O) groups excluding carboxylic acids is 2. The maximum atomic E-state index is 11.9. The minimum atomic E-state index is -0.322. The second kappa shape index (κ2) is 9.21. The molecule has 0 aliphatic heterocycles. The summed E-state index contributed by atoms with van der Waals surface area (Å²) in [6, 6.07) is 0. The molecule has 5 nitrogen and oxygen atoms in total. The summed E-state index contributed by atoms with van der Waals surface area (Å²) in [4.78, 5) is 23.8. The standard InChI is InChI=1S/C33H54O5/c1-20(34)23-11-16-33(19-37-21(2)35)18-17-31(7)24(28(23)33)9-10-26-30(6)14-13-27(38-22(3)36)29(4,5)25(30)12-15-32(26,31)8/h20,23-28,34H,9-19H2,1-8H3. The van der Waals surface area contributed by atoms with E-state index in [1.165, 1.54) is 39.0 Å². The van der Waals surface area contributed by atoms with Gasteiger partial charge in [0.05, 0.1) is 12.7 Å². The molecule has 0 aromatic heterocycles. The van der Waals surface area contributed by atoms with Gasteiger partial charge in [-0.05, 0) is 117 Å². The molecule has 0 radical (unpaired) electrons. The lowest BCUT2D eigenvalue weighted by molar-refractivity contribution is -0.254. The van der Waals surface area contributed by atoms with E-state index in [1.54, 1.807) is 6.92 Å². The second-order valence-electron chi connectivity index (χ2n) is 15.7. The summed E-state index contributed by atoms with van der Waals surface area (Å²) in [5.74, 6) is 2.14. The molecule has 1 N–H and O–H groups in total. The molecule has 0 heterocycles. The van der Waals surface area contributed by atoms with Crippen LogP contribution in [0.4, 0.5) is 0 Å². The van der Waals surface area contributed by atoms with Gasteiger partial charge >= 0.3 is 11.9 Å². The van der Waals surface area contributed by atoms with E-state index < -0.39 is 0 Å². The molecule has 216 valence electrons. The third kappa shape index (κ3) is 3.86. The SMILES string of the molecule is CC(=O)OCC12CCC(C(C)O)C1C1CCC3C4(C)CCC(OC(C)=O)C(C)(C)C4CCC3(C)C1(C)CC2. The first-order valence-electron chi connectivity index (χ1n) is 15.6. The molecule has 5 heteroatoms. The normalized spacial score (nSPS) is 50.0. The van der Waals surface area contributed by atoms with E-state index >= 15 is 0 Å². The molecule has 0 aromatic carbocycles. The Bertz CT molecular complexity index is 957. The molecule has 38 heavy (non-hydrogen) atoms. The number of ether oxygens (including phenoxy) is 2. The highest BCUT2D eigenvalue weighted by atomic mass is 16.5. The number of aliphatic hydroxyl groups is 1. The van der Waals surface area contributed by atoms with Crippen LogP contribution in [0, 0.1) is 56.7 Å². The van der Waals surface area contributed by atoms with Gasteiger partial charge in [0.2, 0.25) is 0 Å². The molecular formula is C33H54O5. The summed E-state index contributed by atoms with van der Waals surface area (Å²) in [6.07, 6.45) is 11.1. The quantitative estimate of drug-likeness (QED) is 0.399. The van der Waals surface area contributed by atoms with Crippen LogP contribution in [0.5, 0.6) is 0 Å². The summed E-state index contributed by atoms with van der Waals surface area (Å²) < 4.78 is 11.7. The molecule has 5 saturated carbocycles. The van der Waals surface area contributed by atoms with E-state index in [-0.39, 0.29) is 51.2 Å². The lowest BCUT2D eigenvalue weighted by Crippen LogP contribution is -2.67. The minimum absolute atomic E-state index is 0.0104. The zero-order chi connectivity index (χ0) is 27.9. The van der Waals surface area contributed by atoms with Crippen LogP contribution in [0.3, 0.4) is 0 Å². The van der Waals surface area contributed by atoms with Crippen LogP contribution in [0.2, 0.25) is 0 Å². The van der Waals surface area contributed by atoms with Gasteiger partial charge < -0.3 is 14.6 Å². The second-order valence-corrected chi connectivity index (χ2v) is 15.7. The van der Waals surface area contributed by atoms with Crippen LogP contribution < -0.4 is 0 Å². The highest BCUT2D eigenvalue weighted by Crippen LogP contribution is 2.77. The van der Waals surface area contributed by atoms with Crippen LogP contribution >= 0.6 is 0 Å². The van der Waals surface area contributed by atoms with E-state index in [9.17, 15) is 14.7 Å². The summed E-state index contributed by atoms with van der Waals surface area (Å²) in [5.41, 5.74) is 0.693. The van der Waals surface area contributed by atoms with Gasteiger partial charge in [0, 0.05) is 24.7 Å². The lowest BCUT2D eigenvalue weighted by atomic mass is 9.32. The fourth-order valence-corrected chi connectivity index (χ4v) is 12.2. The molecule has 5 aliphatic carbocycles. The highest BCUT2D eigenvalue weighted by molar-refractivity contribution is 5.66. The van der Waals surface area contributed by atoms with Gasteiger partial charge in [-0.15, -0.1) is 0 Å². The third-order valence-electron chi connectivity index (χ3n) is 14.1. The average molecular weight is 531 g/mol. The molecule has 11 atom stereocenters. The first-order chi connectivity index (χ1) is 17.6. The number of fused-ring (bicyclic) bond motifs is 7. The monoisotopic (exact) mass is 530 g/mol. The fraction of sp³-hybridized carbons (Fsp3) is 0.939. The van der Waals surface area contributed by atoms with E-state index in [4.69, 9.17) is 9.47 Å². The molecule has 0 bridgehead atoms. The van der Waals surface area contributed by atoms with Crippen molar-refractivity contribution in [1.29, 1.82) is 0 Å². The van der Waals surface area contributed by atoms with Crippen molar-refractivity contribution in [2.45, 2.75) is 132 Å². The van der Waals surface area contributed by atoms with Gasteiger partial charge in [-0.3, -0.25) is 9.59 Å². The molecule has 0 aromatic rings. The number of hydrogen-bond donors (Lipinski definition) is 1. The third-order valence-corrected chi connectivity index (χ3v) is 14.1. The predicted octanol–water partition coefficient (Wildman–Crippen LogP) is 6.94. The Balaban J connectivity index is 1.49. The maximum Gasteiger partial charge on any atom is 0.302 e. The van der Waals surface area contributed by atoms with Crippen molar-refractivity contribution in [2.75, 3.05) is 6.61 Å². The summed E-state index contributed by atoms with van der Waals surface area (Å²) >= 11 is 0. The molecule has 0 amide bonds. The van der Waals surface area contributed by atoms with E-state index in [1.807, 2.05) is 6.92 Å². The Labute approximate surface area is 231 Å². The van der Waals surface area contributed by atoms with Crippen LogP contribution in [0.25, 0.3) is 0 Å². The first-order valence-corrected chi connectivity index (χ1v) is 15.6. The number of esters is 2. The van der Waals surface area contributed by atoms with Crippen LogP contribution in [0.15, 0.2) is 0 Å². The number of rotatable bonds is 4. The van der Waals surface area contributed by atoms with Gasteiger partial charge in [0.15, 0.2) is 0 Å². The van der Waals surface area contributed by atoms with Crippen molar-refractivity contribution >= 4 is 11.9 Å². The summed E-state index contributed by atoms with van der Waals surface area (Å²) in [6.45, 7) is 18.1. The minimum Gasteiger partial charge on any atom is -0.465 e. The van der Waals surface area contributed by atoms with E-state index in [0.29, 0.717) is 36.2 Å². The van der Waals surface area contributed by atoms with Crippen LogP contribution in [-0.2, 0) is 19.1 Å². The van der Waals surface area contributed by atoms with Crippen molar-refractivity contribution in [3.63, 3.8) is 0 Å². The van der Waals surface area contributed by atoms with E-state index in [0.717, 1.165) is 32.1 Å². The molecule has 5 rings (SSSR count). The highest BCUT2D eigenvalue weighted by Gasteiger charge is 2.71. The lowest BCUT2D eigenvalue weighted by Gasteiger charge is -2.73. The van der Waals surface area contributed by atoms with Crippen LogP contribution in [-0.4, -0.2) is 35.9 Å². The summed E-state index contributed by atoms with van der Waals surface area (Å²) in [5, 5.41) is 11.0. The van der Waals surface area contributed by atoms with Gasteiger partial charge in [-0.25, -0.2) is 0 Å². The molecule has 0 spiro atoms. The number of aliphatic hydroxyl groups excluding tert-OH is 1. The Morgan fingerprint density at radius 1 is 0.816 bits per heavy atom. The Morgan fingerprint density at radius 2 is 1.53 bits per heavy atom. The van der Waals surface area contributed by atoms with Gasteiger partial charge in [-0.1, -0.05) is 34.6 Å².